The normalized spacial score (nSPS) is 10.0. The Morgan fingerprint density at radius 1 is 1.50 bits per heavy atom. The van der Waals surface area contributed by atoms with Crippen LogP contribution >= 0.6 is 22.7 Å². The van der Waals surface area contributed by atoms with Gasteiger partial charge in [-0.1, -0.05) is 0 Å². The lowest BCUT2D eigenvalue weighted by atomic mass is 10.5. The molecule has 0 amide bonds. The van der Waals surface area contributed by atoms with Crippen molar-refractivity contribution in [1.82, 2.24) is 9.97 Å². The van der Waals surface area contributed by atoms with Crippen LogP contribution in [0, 0.1) is 0 Å². The number of thiazole rings is 2. The fraction of sp³-hybridized carbons (Fsp3) is 0.125. The predicted molar refractivity (Wildman–Crippen MR) is 53.3 cm³/mol. The van der Waals surface area contributed by atoms with Crippen molar-refractivity contribution in [3.05, 3.63) is 33.2 Å². The molecule has 0 saturated carbocycles. The highest BCUT2D eigenvalue weighted by molar-refractivity contribution is 7.09. The molecule has 14 heavy (non-hydrogen) atoms. The van der Waals surface area contributed by atoms with Crippen molar-refractivity contribution in [3.8, 4) is 0 Å². The molecule has 0 saturated heterocycles. The third kappa shape index (κ3) is 2.15. The molecule has 0 fully saturated rings. The fourth-order valence-corrected chi connectivity index (χ4v) is 1.86. The van der Waals surface area contributed by atoms with Gasteiger partial charge in [0.25, 0.3) is 0 Å². The molecule has 4 nitrogen and oxygen atoms in total. The van der Waals surface area contributed by atoms with Gasteiger partial charge in [0, 0.05) is 11.6 Å². The molecule has 2 aromatic rings. The van der Waals surface area contributed by atoms with Gasteiger partial charge >= 0.3 is 5.97 Å². The molecule has 0 aliphatic rings. The molecule has 2 heterocycles. The van der Waals surface area contributed by atoms with E-state index >= 15 is 0 Å². The lowest BCUT2D eigenvalue weighted by molar-refractivity contribution is 0.0470. The number of aromatic nitrogens is 2. The minimum atomic E-state index is -0.389. The SMILES string of the molecule is O=C(OCc1cncs1)c1cscn1. The van der Waals surface area contributed by atoms with Gasteiger partial charge in [0.2, 0.25) is 0 Å². The summed E-state index contributed by atoms with van der Waals surface area (Å²) in [5.74, 6) is -0.389. The summed E-state index contributed by atoms with van der Waals surface area (Å²) < 4.78 is 5.01. The Hall–Kier alpha value is -1.27. The molecule has 0 N–H and O–H groups in total. The van der Waals surface area contributed by atoms with E-state index in [4.69, 9.17) is 4.74 Å². The monoisotopic (exact) mass is 226 g/mol. The standard InChI is InChI=1S/C8H6N2O2S2/c11-8(7-3-13-5-10-7)12-2-6-1-9-4-14-6/h1,3-5H,2H2. The lowest BCUT2D eigenvalue weighted by Gasteiger charge is -1.98. The number of nitrogens with zero attached hydrogens (tertiary/aromatic N) is 2. The largest absolute Gasteiger partial charge is 0.455 e. The smallest absolute Gasteiger partial charge is 0.358 e. The van der Waals surface area contributed by atoms with Crippen LogP contribution in [0.15, 0.2) is 22.6 Å². The Morgan fingerprint density at radius 3 is 3.07 bits per heavy atom. The van der Waals surface area contributed by atoms with Crippen molar-refractivity contribution in [2.75, 3.05) is 0 Å². The number of carbonyl (C=O) groups is 1. The quantitative estimate of drug-likeness (QED) is 0.751. The van der Waals surface area contributed by atoms with Gasteiger partial charge in [0.1, 0.15) is 6.61 Å². The Bertz CT molecular complexity index is 397. The van der Waals surface area contributed by atoms with Crippen LogP contribution in [-0.2, 0) is 11.3 Å². The van der Waals surface area contributed by atoms with Gasteiger partial charge in [-0.15, -0.1) is 22.7 Å². The van der Waals surface area contributed by atoms with E-state index in [0.29, 0.717) is 5.69 Å². The van der Waals surface area contributed by atoms with Crippen molar-refractivity contribution in [3.63, 3.8) is 0 Å². The summed E-state index contributed by atoms with van der Waals surface area (Å²) in [6, 6.07) is 0. The molecule has 0 aliphatic heterocycles. The second-order valence-corrected chi connectivity index (χ2v) is 4.11. The van der Waals surface area contributed by atoms with E-state index in [-0.39, 0.29) is 12.6 Å². The van der Waals surface area contributed by atoms with Crippen LogP contribution in [0.2, 0.25) is 0 Å². The predicted octanol–water partition coefficient (Wildman–Crippen LogP) is 1.96. The molecule has 0 spiro atoms. The summed E-state index contributed by atoms with van der Waals surface area (Å²) in [5.41, 5.74) is 3.66. The van der Waals surface area contributed by atoms with Gasteiger partial charge in [-0.25, -0.2) is 9.78 Å². The van der Waals surface area contributed by atoms with Crippen molar-refractivity contribution in [2.24, 2.45) is 0 Å². The van der Waals surface area contributed by atoms with Gasteiger partial charge in [-0.05, 0) is 0 Å². The third-order valence-corrected chi connectivity index (χ3v) is 2.81. The molecule has 72 valence electrons. The first-order chi connectivity index (χ1) is 6.86. The molecule has 0 bridgehead atoms. The second kappa shape index (κ2) is 4.30. The molecule has 2 aromatic heterocycles. The summed E-state index contributed by atoms with van der Waals surface area (Å²) in [4.78, 5) is 20.0. The molecule has 0 aliphatic carbocycles. The Morgan fingerprint density at radius 2 is 2.43 bits per heavy atom. The molecular formula is C8H6N2O2S2. The van der Waals surface area contributed by atoms with Crippen LogP contribution in [-0.4, -0.2) is 15.9 Å². The van der Waals surface area contributed by atoms with E-state index in [1.165, 1.54) is 22.7 Å². The summed E-state index contributed by atoms with van der Waals surface area (Å²) in [7, 11) is 0. The number of carbonyl (C=O) groups excluding carboxylic acids is 1. The molecule has 0 radical (unpaired) electrons. The average molecular weight is 226 g/mol. The van der Waals surface area contributed by atoms with Gasteiger partial charge in [0.15, 0.2) is 5.69 Å². The van der Waals surface area contributed by atoms with E-state index in [9.17, 15) is 4.79 Å². The Balaban J connectivity index is 1.90. The first kappa shape index (κ1) is 9.29. The number of ether oxygens (including phenoxy) is 1. The molecule has 6 heteroatoms. The Labute approximate surface area is 88.2 Å². The molecular weight excluding hydrogens is 220 g/mol. The van der Waals surface area contributed by atoms with Gasteiger partial charge in [0.05, 0.1) is 15.9 Å². The zero-order valence-corrected chi connectivity index (χ0v) is 8.68. The van der Waals surface area contributed by atoms with Crippen LogP contribution in [0.5, 0.6) is 0 Å². The molecule has 2 rings (SSSR count). The van der Waals surface area contributed by atoms with E-state index < -0.39 is 0 Å². The molecule has 0 atom stereocenters. The van der Waals surface area contributed by atoms with Crippen LogP contribution in [0.1, 0.15) is 15.4 Å². The van der Waals surface area contributed by atoms with Crippen molar-refractivity contribution >= 4 is 28.6 Å². The topological polar surface area (TPSA) is 52.1 Å². The number of rotatable bonds is 3. The third-order valence-electron chi connectivity index (χ3n) is 1.47. The fourth-order valence-electron chi connectivity index (χ4n) is 0.837. The average Bonchev–Trinajstić information content (AvgIpc) is 2.87. The maximum Gasteiger partial charge on any atom is 0.358 e. The first-order valence-corrected chi connectivity index (χ1v) is 5.61. The van der Waals surface area contributed by atoms with Crippen molar-refractivity contribution in [2.45, 2.75) is 6.61 Å². The highest BCUT2D eigenvalue weighted by atomic mass is 32.1. The van der Waals surface area contributed by atoms with Crippen molar-refractivity contribution < 1.29 is 9.53 Å². The minimum Gasteiger partial charge on any atom is -0.455 e. The number of esters is 1. The second-order valence-electron chi connectivity index (χ2n) is 2.42. The zero-order chi connectivity index (χ0) is 9.80. The van der Waals surface area contributed by atoms with Gasteiger partial charge in [-0.3, -0.25) is 4.98 Å². The van der Waals surface area contributed by atoms with Crippen LogP contribution in [0.25, 0.3) is 0 Å². The maximum atomic E-state index is 11.3. The van der Waals surface area contributed by atoms with Crippen molar-refractivity contribution in [1.29, 1.82) is 0 Å². The number of hydrogen-bond donors (Lipinski definition) is 0. The van der Waals surface area contributed by atoms with Crippen LogP contribution in [0.4, 0.5) is 0 Å². The summed E-state index contributed by atoms with van der Waals surface area (Å²) in [5, 5.41) is 1.66. The minimum absolute atomic E-state index is 0.265. The molecule has 0 aromatic carbocycles. The zero-order valence-electron chi connectivity index (χ0n) is 7.04. The molecule has 0 unspecified atom stereocenters. The maximum absolute atomic E-state index is 11.3. The summed E-state index contributed by atoms with van der Waals surface area (Å²) >= 11 is 2.83. The van der Waals surface area contributed by atoms with Crippen LogP contribution < -0.4 is 0 Å². The van der Waals surface area contributed by atoms with Crippen LogP contribution in [0.3, 0.4) is 0 Å². The number of hydrogen-bond acceptors (Lipinski definition) is 6. The van der Waals surface area contributed by atoms with E-state index in [0.717, 1.165) is 4.88 Å². The van der Waals surface area contributed by atoms with E-state index in [2.05, 4.69) is 9.97 Å². The summed E-state index contributed by atoms with van der Waals surface area (Å²) in [6.07, 6.45) is 1.68. The summed E-state index contributed by atoms with van der Waals surface area (Å²) in [6.45, 7) is 0.265. The highest BCUT2D eigenvalue weighted by Crippen LogP contribution is 2.09. The Kier molecular flexibility index (Phi) is 2.85. The van der Waals surface area contributed by atoms with Gasteiger partial charge < -0.3 is 4.74 Å². The van der Waals surface area contributed by atoms with E-state index in [1.807, 2.05) is 0 Å². The first-order valence-electron chi connectivity index (χ1n) is 3.79. The highest BCUT2D eigenvalue weighted by Gasteiger charge is 2.09. The van der Waals surface area contributed by atoms with Gasteiger partial charge in [-0.2, -0.15) is 0 Å². The lowest BCUT2D eigenvalue weighted by Crippen LogP contribution is -2.04. The van der Waals surface area contributed by atoms with E-state index in [1.54, 1.807) is 22.6 Å².